The third kappa shape index (κ3) is 3.73. The monoisotopic (exact) mass is 392 g/mol. The molecular formula is C21H24N6O2. The zero-order chi connectivity index (χ0) is 19.8. The summed E-state index contributed by atoms with van der Waals surface area (Å²) in [4.78, 5) is 24.2. The molecule has 0 aromatic carbocycles. The molecule has 1 saturated carbocycles. The molecule has 3 aromatic heterocycles. The number of carbonyl (C=O) groups excluding carboxylic acids is 1. The number of hydrogen-bond acceptors (Lipinski definition) is 6. The second-order valence-electron chi connectivity index (χ2n) is 7.82. The summed E-state index contributed by atoms with van der Waals surface area (Å²) in [6.45, 7) is 3.52. The van der Waals surface area contributed by atoms with Gasteiger partial charge in [0.1, 0.15) is 5.82 Å². The van der Waals surface area contributed by atoms with Gasteiger partial charge in [-0.15, -0.1) is 0 Å². The molecule has 0 bridgehead atoms. The number of rotatable bonds is 4. The van der Waals surface area contributed by atoms with Crippen molar-refractivity contribution in [2.45, 2.75) is 18.9 Å². The summed E-state index contributed by atoms with van der Waals surface area (Å²) in [6, 6.07) is 6.29. The Morgan fingerprint density at radius 1 is 1.21 bits per heavy atom. The van der Waals surface area contributed by atoms with E-state index in [1.807, 2.05) is 31.4 Å². The van der Waals surface area contributed by atoms with Crippen LogP contribution in [0.3, 0.4) is 0 Å². The zero-order valence-electron chi connectivity index (χ0n) is 16.4. The Hall–Kier alpha value is -2.84. The summed E-state index contributed by atoms with van der Waals surface area (Å²) >= 11 is 0. The van der Waals surface area contributed by atoms with E-state index in [1.54, 1.807) is 17.1 Å². The number of morpholine rings is 1. The lowest BCUT2D eigenvalue weighted by atomic mass is 9.78. The fraction of sp³-hybridized carbons (Fsp3) is 0.429. The number of nitrogens with one attached hydrogen (secondary N) is 1. The van der Waals surface area contributed by atoms with E-state index in [9.17, 15) is 4.79 Å². The minimum Gasteiger partial charge on any atom is -0.379 e. The van der Waals surface area contributed by atoms with E-state index in [0.717, 1.165) is 61.3 Å². The summed E-state index contributed by atoms with van der Waals surface area (Å²) < 4.78 is 7.16. The number of hydrogen-bond donors (Lipinski definition) is 1. The molecule has 0 unspecified atom stereocenters. The van der Waals surface area contributed by atoms with Gasteiger partial charge < -0.3 is 10.1 Å². The van der Waals surface area contributed by atoms with Crippen LogP contribution in [0, 0.1) is 5.92 Å². The smallest absolute Gasteiger partial charge is 0.228 e. The molecule has 1 aliphatic carbocycles. The van der Waals surface area contributed by atoms with Crippen molar-refractivity contribution in [3.63, 3.8) is 0 Å². The van der Waals surface area contributed by atoms with E-state index < -0.39 is 0 Å². The molecule has 1 aliphatic heterocycles. The van der Waals surface area contributed by atoms with Gasteiger partial charge in [0.05, 0.1) is 30.6 Å². The van der Waals surface area contributed by atoms with E-state index >= 15 is 0 Å². The number of nitrogens with zero attached hydrogens (tertiary/aromatic N) is 5. The first kappa shape index (κ1) is 18.2. The molecule has 1 N–H and O–H groups in total. The van der Waals surface area contributed by atoms with Gasteiger partial charge in [0.25, 0.3) is 0 Å². The molecule has 3 aromatic rings. The second kappa shape index (κ2) is 7.53. The van der Waals surface area contributed by atoms with E-state index in [1.165, 1.54) is 0 Å². The van der Waals surface area contributed by atoms with Crippen molar-refractivity contribution < 1.29 is 9.53 Å². The summed E-state index contributed by atoms with van der Waals surface area (Å²) in [5, 5.41) is 8.11. The van der Waals surface area contributed by atoms with Gasteiger partial charge in [-0.3, -0.25) is 14.4 Å². The number of amides is 1. The summed E-state index contributed by atoms with van der Waals surface area (Å²) in [6.07, 6.45) is 7.28. The predicted molar refractivity (Wildman–Crippen MR) is 109 cm³/mol. The van der Waals surface area contributed by atoms with Gasteiger partial charge in [-0.25, -0.2) is 9.97 Å². The van der Waals surface area contributed by atoms with Gasteiger partial charge in [0, 0.05) is 61.5 Å². The largest absolute Gasteiger partial charge is 0.379 e. The second-order valence-corrected chi connectivity index (χ2v) is 7.82. The number of fused-ring (bicyclic) bond motifs is 1. The van der Waals surface area contributed by atoms with E-state index in [4.69, 9.17) is 9.72 Å². The van der Waals surface area contributed by atoms with Crippen LogP contribution in [0.25, 0.3) is 22.2 Å². The molecule has 29 heavy (non-hydrogen) atoms. The molecule has 2 aliphatic rings. The van der Waals surface area contributed by atoms with Gasteiger partial charge >= 0.3 is 0 Å². The Balaban J connectivity index is 1.26. The van der Waals surface area contributed by atoms with Crippen LogP contribution >= 0.6 is 0 Å². The lowest BCUT2D eigenvalue weighted by Crippen LogP contribution is -2.52. The maximum Gasteiger partial charge on any atom is 0.228 e. The average Bonchev–Trinajstić information content (AvgIpc) is 3.13. The van der Waals surface area contributed by atoms with Crippen LogP contribution in [0.4, 0.5) is 5.82 Å². The lowest BCUT2D eigenvalue weighted by molar-refractivity contribution is -0.125. The van der Waals surface area contributed by atoms with Crippen molar-refractivity contribution in [1.29, 1.82) is 0 Å². The molecular weight excluding hydrogens is 368 g/mol. The number of anilines is 1. The molecule has 150 valence electrons. The van der Waals surface area contributed by atoms with Crippen LogP contribution in [-0.4, -0.2) is 62.9 Å². The van der Waals surface area contributed by atoms with Gasteiger partial charge in [0.2, 0.25) is 5.91 Å². The Morgan fingerprint density at radius 3 is 2.79 bits per heavy atom. The standard InChI is InChI=1S/C21H24N6O2/c1-26-13-16(12-23-26)18-3-2-14-11-22-20(10-19(14)24-18)25-21(28)15-8-17(9-15)27-4-6-29-7-5-27/h2-3,10-13,15,17H,4-9H2,1H3,(H,22,25,28). The maximum atomic E-state index is 12.6. The van der Waals surface area contributed by atoms with Crippen molar-refractivity contribution in [3.8, 4) is 11.3 Å². The van der Waals surface area contributed by atoms with Crippen molar-refractivity contribution >= 4 is 22.6 Å². The molecule has 8 heteroatoms. The molecule has 1 saturated heterocycles. The fourth-order valence-electron chi connectivity index (χ4n) is 4.07. The molecule has 0 spiro atoms. The fourth-order valence-corrected chi connectivity index (χ4v) is 4.07. The Kier molecular flexibility index (Phi) is 4.73. The first-order chi connectivity index (χ1) is 14.2. The topological polar surface area (TPSA) is 85.2 Å². The lowest BCUT2D eigenvalue weighted by Gasteiger charge is -2.43. The first-order valence-corrected chi connectivity index (χ1v) is 10.0. The number of aromatic nitrogens is 4. The highest BCUT2D eigenvalue weighted by Gasteiger charge is 2.38. The quantitative estimate of drug-likeness (QED) is 0.732. The van der Waals surface area contributed by atoms with Crippen LogP contribution in [0.2, 0.25) is 0 Å². The maximum absolute atomic E-state index is 12.6. The van der Waals surface area contributed by atoms with Crippen molar-refractivity contribution in [3.05, 3.63) is 36.8 Å². The predicted octanol–water partition coefficient (Wildman–Crippen LogP) is 2.08. The third-order valence-electron chi connectivity index (χ3n) is 5.87. The number of ether oxygens (including phenoxy) is 1. The van der Waals surface area contributed by atoms with Crippen LogP contribution in [-0.2, 0) is 16.6 Å². The van der Waals surface area contributed by atoms with Crippen LogP contribution in [0.1, 0.15) is 12.8 Å². The van der Waals surface area contributed by atoms with Crippen molar-refractivity contribution in [1.82, 2.24) is 24.6 Å². The zero-order valence-corrected chi connectivity index (χ0v) is 16.4. The minimum absolute atomic E-state index is 0.0461. The third-order valence-corrected chi connectivity index (χ3v) is 5.87. The molecule has 5 rings (SSSR count). The molecule has 1 amide bonds. The van der Waals surface area contributed by atoms with Crippen molar-refractivity contribution in [2.24, 2.45) is 13.0 Å². The first-order valence-electron chi connectivity index (χ1n) is 10.0. The van der Waals surface area contributed by atoms with E-state index in [0.29, 0.717) is 11.9 Å². The van der Waals surface area contributed by atoms with Crippen LogP contribution in [0.15, 0.2) is 36.8 Å². The van der Waals surface area contributed by atoms with Crippen molar-refractivity contribution in [2.75, 3.05) is 31.6 Å². The highest BCUT2D eigenvalue weighted by molar-refractivity contribution is 5.94. The Morgan fingerprint density at radius 2 is 2.03 bits per heavy atom. The van der Waals surface area contributed by atoms with Crippen LogP contribution in [0.5, 0.6) is 0 Å². The van der Waals surface area contributed by atoms with Crippen LogP contribution < -0.4 is 5.32 Å². The van der Waals surface area contributed by atoms with Gasteiger partial charge in [-0.1, -0.05) is 0 Å². The summed E-state index contributed by atoms with van der Waals surface area (Å²) in [5.41, 5.74) is 2.61. The molecule has 8 nitrogen and oxygen atoms in total. The molecule has 2 fully saturated rings. The summed E-state index contributed by atoms with van der Waals surface area (Å²) in [5.74, 6) is 0.646. The summed E-state index contributed by atoms with van der Waals surface area (Å²) in [7, 11) is 1.88. The highest BCUT2D eigenvalue weighted by Crippen LogP contribution is 2.33. The van der Waals surface area contributed by atoms with E-state index in [-0.39, 0.29) is 11.8 Å². The molecule has 0 atom stereocenters. The average molecular weight is 392 g/mol. The van der Waals surface area contributed by atoms with Gasteiger partial charge in [-0.2, -0.15) is 5.10 Å². The Bertz CT molecular complexity index is 1040. The number of carbonyl (C=O) groups is 1. The Labute approximate surface area is 168 Å². The SMILES string of the molecule is Cn1cc(-c2ccc3cnc(NC(=O)C4CC(N5CCOCC5)C4)cc3n2)cn1. The van der Waals surface area contributed by atoms with Gasteiger partial charge in [0.15, 0.2) is 0 Å². The molecule has 0 radical (unpaired) electrons. The normalized spacial score (nSPS) is 22.4. The van der Waals surface area contributed by atoms with E-state index in [2.05, 4.69) is 20.3 Å². The number of pyridine rings is 2. The minimum atomic E-state index is 0.0461. The number of aryl methyl sites for hydroxylation is 1. The van der Waals surface area contributed by atoms with Gasteiger partial charge in [-0.05, 0) is 25.0 Å². The highest BCUT2D eigenvalue weighted by atomic mass is 16.5. The molecule has 4 heterocycles.